The maximum Gasteiger partial charge on any atom is 0.246 e. The number of carbonyl (C=O) groups excluding carboxylic acids is 1. The van der Waals surface area contributed by atoms with Crippen molar-refractivity contribution in [2.75, 3.05) is 13.7 Å². The van der Waals surface area contributed by atoms with Crippen LogP contribution in [0.5, 0.6) is 0 Å². The van der Waals surface area contributed by atoms with Crippen molar-refractivity contribution in [2.45, 2.75) is 32.5 Å². The fraction of sp³-hybridized carbons (Fsp3) is 0.438. The van der Waals surface area contributed by atoms with Crippen molar-refractivity contribution in [3.8, 4) is 0 Å². The fourth-order valence-electron chi connectivity index (χ4n) is 2.14. The highest BCUT2D eigenvalue weighted by Gasteiger charge is 2.22. The summed E-state index contributed by atoms with van der Waals surface area (Å²) in [7, 11) is 1.65. The minimum Gasteiger partial charge on any atom is -0.371 e. The second-order valence-corrected chi connectivity index (χ2v) is 5.23. The SMILES string of the molecule is CCOC(C)c1noc(CN(C)C(=O)C(N)c2ccccc2)n1.Cl. The molecule has 0 spiro atoms. The van der Waals surface area contributed by atoms with Crippen molar-refractivity contribution in [3.05, 3.63) is 47.6 Å². The lowest BCUT2D eigenvalue weighted by Crippen LogP contribution is -2.35. The Morgan fingerprint density at radius 1 is 1.38 bits per heavy atom. The number of carbonyl (C=O) groups is 1. The highest BCUT2D eigenvalue weighted by molar-refractivity contribution is 5.85. The fourth-order valence-corrected chi connectivity index (χ4v) is 2.14. The molecule has 2 unspecified atom stereocenters. The second kappa shape index (κ2) is 9.36. The number of benzene rings is 1. The van der Waals surface area contributed by atoms with Crippen molar-refractivity contribution in [1.82, 2.24) is 15.0 Å². The van der Waals surface area contributed by atoms with E-state index in [4.69, 9.17) is 15.0 Å². The average molecular weight is 355 g/mol. The number of aromatic nitrogens is 2. The van der Waals surface area contributed by atoms with E-state index in [1.807, 2.05) is 44.2 Å². The van der Waals surface area contributed by atoms with Crippen molar-refractivity contribution in [1.29, 1.82) is 0 Å². The molecule has 0 bridgehead atoms. The lowest BCUT2D eigenvalue weighted by atomic mass is 10.1. The monoisotopic (exact) mass is 354 g/mol. The summed E-state index contributed by atoms with van der Waals surface area (Å²) in [6.45, 7) is 4.51. The number of nitrogens with zero attached hydrogens (tertiary/aromatic N) is 3. The van der Waals surface area contributed by atoms with E-state index in [0.717, 1.165) is 5.56 Å². The summed E-state index contributed by atoms with van der Waals surface area (Å²) in [4.78, 5) is 18.1. The molecule has 0 aliphatic rings. The van der Waals surface area contributed by atoms with Gasteiger partial charge in [0.1, 0.15) is 12.1 Å². The van der Waals surface area contributed by atoms with Crippen molar-refractivity contribution < 1.29 is 14.1 Å². The Hall–Kier alpha value is -1.96. The predicted molar refractivity (Wildman–Crippen MR) is 91.4 cm³/mol. The number of ether oxygens (including phenoxy) is 1. The molecule has 2 N–H and O–H groups in total. The number of likely N-dealkylation sites (N-methyl/N-ethyl adjacent to an activating group) is 1. The van der Waals surface area contributed by atoms with E-state index in [2.05, 4.69) is 10.1 Å². The van der Waals surface area contributed by atoms with Crippen LogP contribution in [0.25, 0.3) is 0 Å². The molecule has 0 aliphatic carbocycles. The highest BCUT2D eigenvalue weighted by atomic mass is 35.5. The van der Waals surface area contributed by atoms with E-state index in [-0.39, 0.29) is 31.0 Å². The van der Waals surface area contributed by atoms with Crippen LogP contribution in [0.4, 0.5) is 0 Å². The molecule has 8 heteroatoms. The van der Waals surface area contributed by atoms with Crippen molar-refractivity contribution in [3.63, 3.8) is 0 Å². The number of amides is 1. The zero-order chi connectivity index (χ0) is 16.8. The Kier molecular flexibility index (Phi) is 7.84. The molecule has 7 nitrogen and oxygen atoms in total. The van der Waals surface area contributed by atoms with Gasteiger partial charge in [-0.1, -0.05) is 35.5 Å². The molecule has 132 valence electrons. The smallest absolute Gasteiger partial charge is 0.246 e. The van der Waals surface area contributed by atoms with Crippen molar-refractivity contribution >= 4 is 18.3 Å². The van der Waals surface area contributed by atoms with E-state index < -0.39 is 6.04 Å². The Labute approximate surface area is 147 Å². The van der Waals surface area contributed by atoms with Crippen LogP contribution in [0.1, 0.15) is 43.3 Å². The Balaban J connectivity index is 0.00000288. The van der Waals surface area contributed by atoms with Gasteiger partial charge < -0.3 is 19.9 Å². The van der Waals surface area contributed by atoms with Crippen LogP contribution in [0.2, 0.25) is 0 Å². The van der Waals surface area contributed by atoms with Gasteiger partial charge in [0.05, 0.1) is 6.54 Å². The average Bonchev–Trinajstić information content (AvgIpc) is 3.03. The zero-order valence-electron chi connectivity index (χ0n) is 14.0. The predicted octanol–water partition coefficient (Wildman–Crippen LogP) is 2.25. The molecule has 0 aliphatic heterocycles. The molecule has 1 heterocycles. The van der Waals surface area contributed by atoms with Crippen LogP contribution >= 0.6 is 12.4 Å². The summed E-state index contributed by atoms with van der Waals surface area (Å²) >= 11 is 0. The summed E-state index contributed by atoms with van der Waals surface area (Å²) < 4.78 is 10.6. The van der Waals surface area contributed by atoms with E-state index >= 15 is 0 Å². The molecule has 24 heavy (non-hydrogen) atoms. The maximum atomic E-state index is 12.4. The third kappa shape index (κ3) is 5.02. The molecule has 0 saturated carbocycles. The minimum atomic E-state index is -0.717. The van der Waals surface area contributed by atoms with Gasteiger partial charge in [-0.3, -0.25) is 4.79 Å². The molecular formula is C16H23ClN4O3. The molecule has 0 fully saturated rings. The lowest BCUT2D eigenvalue weighted by Gasteiger charge is -2.19. The lowest BCUT2D eigenvalue weighted by molar-refractivity contribution is -0.132. The zero-order valence-corrected chi connectivity index (χ0v) is 14.8. The summed E-state index contributed by atoms with van der Waals surface area (Å²) in [5.41, 5.74) is 6.77. The Morgan fingerprint density at radius 3 is 2.67 bits per heavy atom. The standard InChI is InChI=1S/C16H22N4O3.ClH/c1-4-22-11(2)15-18-13(23-19-15)10-20(3)16(21)14(17)12-8-6-5-7-9-12;/h5-9,11,14H,4,10,17H2,1-3H3;1H. The minimum absolute atomic E-state index is 0. The van der Waals surface area contributed by atoms with Crippen LogP contribution in [0, 0.1) is 0 Å². The van der Waals surface area contributed by atoms with E-state index in [0.29, 0.717) is 18.3 Å². The van der Waals surface area contributed by atoms with Gasteiger partial charge in [-0.05, 0) is 19.4 Å². The van der Waals surface area contributed by atoms with Crippen molar-refractivity contribution in [2.24, 2.45) is 5.73 Å². The molecule has 1 amide bonds. The normalized spacial score (nSPS) is 13.0. The van der Waals surface area contributed by atoms with Crippen LogP contribution in [0.15, 0.2) is 34.9 Å². The summed E-state index contributed by atoms with van der Waals surface area (Å²) in [6, 6.07) is 8.51. The van der Waals surface area contributed by atoms with Gasteiger partial charge in [-0.2, -0.15) is 4.98 Å². The van der Waals surface area contributed by atoms with E-state index in [9.17, 15) is 4.79 Å². The second-order valence-electron chi connectivity index (χ2n) is 5.23. The summed E-state index contributed by atoms with van der Waals surface area (Å²) in [6.07, 6.45) is -0.245. The Bertz CT molecular complexity index is 635. The van der Waals surface area contributed by atoms with E-state index in [1.165, 1.54) is 4.90 Å². The van der Waals surface area contributed by atoms with Gasteiger partial charge >= 0.3 is 0 Å². The third-order valence-corrected chi connectivity index (χ3v) is 3.44. The molecule has 2 rings (SSSR count). The number of halogens is 1. The largest absolute Gasteiger partial charge is 0.371 e. The van der Waals surface area contributed by atoms with Gasteiger partial charge in [-0.15, -0.1) is 12.4 Å². The van der Waals surface area contributed by atoms with Crippen LogP contribution in [-0.2, 0) is 16.1 Å². The maximum absolute atomic E-state index is 12.4. The number of hydrogen-bond acceptors (Lipinski definition) is 6. The molecule has 2 aromatic rings. The number of rotatable bonds is 7. The van der Waals surface area contributed by atoms with E-state index in [1.54, 1.807) is 7.05 Å². The Morgan fingerprint density at radius 2 is 2.04 bits per heavy atom. The first kappa shape index (κ1) is 20.1. The van der Waals surface area contributed by atoms with Crippen LogP contribution in [-0.4, -0.2) is 34.6 Å². The molecule has 0 radical (unpaired) electrons. The molecular weight excluding hydrogens is 332 g/mol. The van der Waals surface area contributed by atoms with Crippen LogP contribution in [0.3, 0.4) is 0 Å². The first-order valence-corrected chi connectivity index (χ1v) is 7.52. The van der Waals surface area contributed by atoms with Gasteiger partial charge in [0.2, 0.25) is 11.8 Å². The number of nitrogens with two attached hydrogens (primary N) is 1. The first-order chi connectivity index (χ1) is 11.0. The summed E-state index contributed by atoms with van der Waals surface area (Å²) in [5.74, 6) is 0.603. The molecule has 1 aromatic carbocycles. The van der Waals surface area contributed by atoms with Gasteiger partial charge in [0, 0.05) is 13.7 Å². The first-order valence-electron chi connectivity index (χ1n) is 7.52. The van der Waals surface area contributed by atoms with Gasteiger partial charge in [0.15, 0.2) is 5.82 Å². The number of hydrogen-bond donors (Lipinski definition) is 1. The topological polar surface area (TPSA) is 94.5 Å². The third-order valence-electron chi connectivity index (χ3n) is 3.44. The quantitative estimate of drug-likeness (QED) is 0.819. The van der Waals surface area contributed by atoms with Gasteiger partial charge in [0.25, 0.3) is 0 Å². The summed E-state index contributed by atoms with van der Waals surface area (Å²) in [5, 5.41) is 3.87. The van der Waals surface area contributed by atoms with Gasteiger partial charge in [-0.25, -0.2) is 0 Å². The molecule has 1 aromatic heterocycles. The van der Waals surface area contributed by atoms with Crippen LogP contribution < -0.4 is 5.73 Å². The molecule has 0 saturated heterocycles. The highest BCUT2D eigenvalue weighted by Crippen LogP contribution is 2.16. The molecule has 2 atom stereocenters.